The van der Waals surface area contributed by atoms with Crippen LogP contribution < -0.4 is 5.32 Å². The van der Waals surface area contributed by atoms with Crippen LogP contribution in [0, 0.1) is 11.3 Å². The molecule has 0 amide bonds. The summed E-state index contributed by atoms with van der Waals surface area (Å²) < 4.78 is 5.21. The van der Waals surface area contributed by atoms with E-state index >= 15 is 0 Å². The van der Waals surface area contributed by atoms with Crippen molar-refractivity contribution in [1.29, 1.82) is 0 Å². The second-order valence-corrected chi connectivity index (χ2v) is 4.71. The van der Waals surface area contributed by atoms with E-state index in [2.05, 4.69) is 5.32 Å². The first-order valence-electron chi connectivity index (χ1n) is 4.88. The topological polar surface area (TPSA) is 38.3 Å². The summed E-state index contributed by atoms with van der Waals surface area (Å²) in [6, 6.07) is 0. The molecule has 1 saturated heterocycles. The van der Waals surface area contributed by atoms with Gasteiger partial charge in [0.2, 0.25) is 0 Å². The minimum absolute atomic E-state index is 0.0978. The molecule has 3 nitrogen and oxygen atoms in total. The second-order valence-electron chi connectivity index (χ2n) is 4.71. The Balaban J connectivity index is 2.22. The Labute approximate surface area is 79.8 Å². The molecule has 0 bridgehead atoms. The normalized spacial score (nSPS) is 23.2. The van der Waals surface area contributed by atoms with Gasteiger partial charge in [-0.05, 0) is 33.7 Å². The molecule has 1 fully saturated rings. The standard InChI is InChI=1S/C10H19NO2/c1-10(2,3)9(12)13-7-8-4-5-11-6-8/h8,11H,4-7H2,1-3H3. The molecule has 0 aromatic heterocycles. The zero-order valence-corrected chi connectivity index (χ0v) is 8.72. The molecule has 76 valence electrons. The number of carbonyl (C=O) groups is 1. The van der Waals surface area contributed by atoms with E-state index in [9.17, 15) is 4.79 Å². The zero-order chi connectivity index (χ0) is 9.90. The Morgan fingerprint density at radius 2 is 2.23 bits per heavy atom. The van der Waals surface area contributed by atoms with Crippen LogP contribution in [-0.2, 0) is 9.53 Å². The van der Waals surface area contributed by atoms with E-state index in [0.717, 1.165) is 19.5 Å². The van der Waals surface area contributed by atoms with Crippen molar-refractivity contribution in [2.24, 2.45) is 11.3 Å². The van der Waals surface area contributed by atoms with Crippen LogP contribution in [-0.4, -0.2) is 25.7 Å². The van der Waals surface area contributed by atoms with E-state index in [-0.39, 0.29) is 11.4 Å². The highest BCUT2D eigenvalue weighted by molar-refractivity contribution is 5.75. The first-order valence-corrected chi connectivity index (χ1v) is 4.88. The first-order chi connectivity index (χ1) is 6.00. The Morgan fingerprint density at radius 3 is 2.69 bits per heavy atom. The largest absolute Gasteiger partial charge is 0.465 e. The third kappa shape index (κ3) is 3.35. The summed E-state index contributed by atoms with van der Waals surface area (Å²) in [4.78, 5) is 11.4. The average Bonchev–Trinajstić information content (AvgIpc) is 2.50. The molecule has 0 spiro atoms. The van der Waals surface area contributed by atoms with Crippen molar-refractivity contribution in [2.45, 2.75) is 27.2 Å². The van der Waals surface area contributed by atoms with Crippen LogP contribution >= 0.6 is 0 Å². The molecular formula is C10H19NO2. The molecule has 0 saturated carbocycles. The van der Waals surface area contributed by atoms with Crippen LogP contribution in [0.4, 0.5) is 0 Å². The number of hydrogen-bond acceptors (Lipinski definition) is 3. The van der Waals surface area contributed by atoms with Crippen LogP contribution in [0.5, 0.6) is 0 Å². The molecule has 1 aliphatic rings. The van der Waals surface area contributed by atoms with Crippen molar-refractivity contribution in [2.75, 3.05) is 19.7 Å². The van der Waals surface area contributed by atoms with Crippen LogP contribution in [0.25, 0.3) is 0 Å². The fraction of sp³-hybridized carbons (Fsp3) is 0.900. The highest BCUT2D eigenvalue weighted by Gasteiger charge is 2.24. The average molecular weight is 185 g/mol. The lowest BCUT2D eigenvalue weighted by atomic mass is 9.97. The zero-order valence-electron chi connectivity index (χ0n) is 8.72. The molecule has 1 N–H and O–H groups in total. The molecule has 13 heavy (non-hydrogen) atoms. The van der Waals surface area contributed by atoms with Gasteiger partial charge in [-0.1, -0.05) is 0 Å². The summed E-state index contributed by atoms with van der Waals surface area (Å²) in [5.74, 6) is 0.422. The maximum absolute atomic E-state index is 11.4. The van der Waals surface area contributed by atoms with Crippen molar-refractivity contribution >= 4 is 5.97 Å². The molecular weight excluding hydrogens is 166 g/mol. The molecule has 0 aromatic rings. The fourth-order valence-corrected chi connectivity index (χ4v) is 1.27. The van der Waals surface area contributed by atoms with Crippen molar-refractivity contribution in [3.05, 3.63) is 0 Å². The second kappa shape index (κ2) is 4.09. The summed E-state index contributed by atoms with van der Waals surface area (Å²) in [5.41, 5.74) is -0.369. The minimum atomic E-state index is -0.369. The molecule has 0 aliphatic carbocycles. The van der Waals surface area contributed by atoms with E-state index in [4.69, 9.17) is 4.74 Å². The lowest BCUT2D eigenvalue weighted by Gasteiger charge is -2.18. The molecule has 1 unspecified atom stereocenters. The highest BCUT2D eigenvalue weighted by atomic mass is 16.5. The molecule has 0 radical (unpaired) electrons. The lowest BCUT2D eigenvalue weighted by Crippen LogP contribution is -2.26. The molecule has 1 aliphatic heterocycles. The van der Waals surface area contributed by atoms with Gasteiger partial charge in [-0.15, -0.1) is 0 Å². The third-order valence-corrected chi connectivity index (χ3v) is 2.22. The van der Waals surface area contributed by atoms with Gasteiger partial charge in [0.1, 0.15) is 0 Å². The maximum Gasteiger partial charge on any atom is 0.311 e. The number of esters is 1. The Kier molecular flexibility index (Phi) is 3.31. The summed E-state index contributed by atoms with van der Waals surface area (Å²) >= 11 is 0. The van der Waals surface area contributed by atoms with E-state index < -0.39 is 0 Å². The van der Waals surface area contributed by atoms with Crippen molar-refractivity contribution < 1.29 is 9.53 Å². The first kappa shape index (κ1) is 10.5. The molecule has 1 rings (SSSR count). The van der Waals surface area contributed by atoms with Gasteiger partial charge in [0, 0.05) is 12.5 Å². The molecule has 1 atom stereocenters. The van der Waals surface area contributed by atoms with Crippen LogP contribution in [0.15, 0.2) is 0 Å². The maximum atomic E-state index is 11.4. The SMILES string of the molecule is CC(C)(C)C(=O)OCC1CCNC1. The molecule has 3 heteroatoms. The van der Waals surface area contributed by atoms with Gasteiger partial charge in [-0.2, -0.15) is 0 Å². The predicted octanol–water partition coefficient (Wildman–Crippen LogP) is 1.19. The van der Waals surface area contributed by atoms with E-state index in [1.54, 1.807) is 0 Å². The monoisotopic (exact) mass is 185 g/mol. The third-order valence-electron chi connectivity index (χ3n) is 2.22. The quantitative estimate of drug-likeness (QED) is 0.657. The van der Waals surface area contributed by atoms with Gasteiger partial charge in [-0.25, -0.2) is 0 Å². The summed E-state index contributed by atoms with van der Waals surface area (Å²) in [6.45, 7) is 8.24. The number of carbonyl (C=O) groups excluding carboxylic acids is 1. The lowest BCUT2D eigenvalue weighted by molar-refractivity contribution is -0.154. The van der Waals surface area contributed by atoms with Crippen LogP contribution in [0.1, 0.15) is 27.2 Å². The van der Waals surface area contributed by atoms with E-state index in [0.29, 0.717) is 12.5 Å². The molecule has 1 heterocycles. The van der Waals surface area contributed by atoms with Gasteiger partial charge >= 0.3 is 5.97 Å². The van der Waals surface area contributed by atoms with Crippen molar-refractivity contribution in [3.63, 3.8) is 0 Å². The molecule has 0 aromatic carbocycles. The van der Waals surface area contributed by atoms with Crippen LogP contribution in [0.3, 0.4) is 0 Å². The van der Waals surface area contributed by atoms with Gasteiger partial charge in [0.25, 0.3) is 0 Å². The van der Waals surface area contributed by atoms with Crippen molar-refractivity contribution in [3.8, 4) is 0 Å². The van der Waals surface area contributed by atoms with Gasteiger partial charge in [0.15, 0.2) is 0 Å². The summed E-state index contributed by atoms with van der Waals surface area (Å²) in [6.07, 6.45) is 1.12. The van der Waals surface area contributed by atoms with Gasteiger partial charge in [0.05, 0.1) is 12.0 Å². The highest BCUT2D eigenvalue weighted by Crippen LogP contribution is 2.16. The minimum Gasteiger partial charge on any atom is -0.465 e. The summed E-state index contributed by atoms with van der Waals surface area (Å²) in [7, 11) is 0. The Morgan fingerprint density at radius 1 is 1.54 bits per heavy atom. The van der Waals surface area contributed by atoms with Gasteiger partial charge < -0.3 is 10.1 Å². The number of ether oxygens (including phenoxy) is 1. The van der Waals surface area contributed by atoms with E-state index in [1.807, 2.05) is 20.8 Å². The number of hydrogen-bond donors (Lipinski definition) is 1. The predicted molar refractivity (Wildman–Crippen MR) is 51.4 cm³/mol. The summed E-state index contributed by atoms with van der Waals surface area (Å²) in [5, 5.41) is 3.24. The fourth-order valence-electron chi connectivity index (χ4n) is 1.27. The smallest absolute Gasteiger partial charge is 0.311 e. The Bertz CT molecular complexity index is 178. The number of nitrogens with one attached hydrogen (secondary N) is 1. The van der Waals surface area contributed by atoms with Gasteiger partial charge in [-0.3, -0.25) is 4.79 Å². The van der Waals surface area contributed by atoms with E-state index in [1.165, 1.54) is 0 Å². The number of rotatable bonds is 2. The van der Waals surface area contributed by atoms with Crippen molar-refractivity contribution in [1.82, 2.24) is 5.32 Å². The van der Waals surface area contributed by atoms with Crippen LogP contribution in [0.2, 0.25) is 0 Å². The Hall–Kier alpha value is -0.570.